The average Bonchev–Trinajstić information content (AvgIpc) is 3.11. The Labute approximate surface area is 117 Å². The lowest BCUT2D eigenvalue weighted by Gasteiger charge is -2.10. The molecule has 0 saturated carbocycles. The van der Waals surface area contributed by atoms with E-state index in [2.05, 4.69) is 15.3 Å². The van der Waals surface area contributed by atoms with Crippen LogP contribution in [0.3, 0.4) is 0 Å². The summed E-state index contributed by atoms with van der Waals surface area (Å²) < 4.78 is 7.49. The number of guanidine groups is 1. The van der Waals surface area contributed by atoms with Gasteiger partial charge in [0.1, 0.15) is 5.65 Å². The highest BCUT2D eigenvalue weighted by molar-refractivity contribution is 5.77. The molecule has 1 atom stereocenters. The third-order valence-electron chi connectivity index (χ3n) is 3.36. The molecule has 0 radical (unpaired) electrons. The number of imidazole rings is 1. The molecule has 3 rings (SSSR count). The first-order valence-corrected chi connectivity index (χ1v) is 6.89. The van der Waals surface area contributed by atoms with Crippen molar-refractivity contribution in [2.24, 2.45) is 10.7 Å². The highest BCUT2D eigenvalue weighted by Gasteiger charge is 2.14. The lowest BCUT2D eigenvalue weighted by Crippen LogP contribution is -2.37. The van der Waals surface area contributed by atoms with E-state index in [1.807, 2.05) is 35.0 Å². The van der Waals surface area contributed by atoms with E-state index in [4.69, 9.17) is 10.5 Å². The fourth-order valence-corrected chi connectivity index (χ4v) is 2.31. The highest BCUT2D eigenvalue weighted by Crippen LogP contribution is 2.10. The van der Waals surface area contributed by atoms with Crippen LogP contribution in [0.2, 0.25) is 0 Å². The molecule has 0 amide bonds. The third kappa shape index (κ3) is 3.08. The Morgan fingerprint density at radius 3 is 3.30 bits per heavy atom. The van der Waals surface area contributed by atoms with Gasteiger partial charge in [-0.3, -0.25) is 0 Å². The Balaban J connectivity index is 1.55. The van der Waals surface area contributed by atoms with Crippen LogP contribution < -0.4 is 11.1 Å². The number of aliphatic imine (C=N–C) groups is 1. The molecule has 106 valence electrons. The predicted molar refractivity (Wildman–Crippen MR) is 77.5 cm³/mol. The minimum absolute atomic E-state index is 0.263. The molecular formula is C14H19N5O. The van der Waals surface area contributed by atoms with Gasteiger partial charge in [0.2, 0.25) is 0 Å². The van der Waals surface area contributed by atoms with Gasteiger partial charge in [0.25, 0.3) is 0 Å². The molecule has 0 bridgehead atoms. The number of ether oxygens (including phenoxy) is 1. The van der Waals surface area contributed by atoms with Gasteiger partial charge in [-0.05, 0) is 25.0 Å². The molecule has 3 N–H and O–H groups in total. The largest absolute Gasteiger partial charge is 0.376 e. The van der Waals surface area contributed by atoms with Gasteiger partial charge in [0.05, 0.1) is 18.3 Å². The van der Waals surface area contributed by atoms with Crippen LogP contribution in [0.5, 0.6) is 0 Å². The Morgan fingerprint density at radius 2 is 2.50 bits per heavy atom. The highest BCUT2D eigenvalue weighted by atomic mass is 16.5. The van der Waals surface area contributed by atoms with Crippen LogP contribution in [0.4, 0.5) is 0 Å². The van der Waals surface area contributed by atoms with Crippen molar-refractivity contribution in [3.8, 4) is 0 Å². The summed E-state index contributed by atoms with van der Waals surface area (Å²) in [6, 6.07) is 5.90. The first kappa shape index (κ1) is 12.9. The average molecular weight is 273 g/mol. The number of rotatable bonds is 4. The second-order valence-electron chi connectivity index (χ2n) is 4.92. The van der Waals surface area contributed by atoms with E-state index >= 15 is 0 Å². The number of nitrogens with two attached hydrogens (primary N) is 1. The molecule has 2 aromatic heterocycles. The van der Waals surface area contributed by atoms with Gasteiger partial charge in [-0.25, -0.2) is 9.98 Å². The molecule has 0 aliphatic carbocycles. The molecule has 1 aliphatic rings. The molecule has 1 unspecified atom stereocenters. The summed E-state index contributed by atoms with van der Waals surface area (Å²) in [7, 11) is 0. The smallest absolute Gasteiger partial charge is 0.189 e. The second-order valence-corrected chi connectivity index (χ2v) is 4.92. The molecule has 6 nitrogen and oxygen atoms in total. The number of hydrogen-bond donors (Lipinski definition) is 2. The van der Waals surface area contributed by atoms with Gasteiger partial charge in [-0.2, -0.15) is 0 Å². The molecule has 1 aliphatic heterocycles. The standard InChI is InChI=1S/C14H19N5O/c15-14(17-9-12-4-3-7-20-12)16-8-11-10-19-6-2-1-5-13(19)18-11/h1-2,5-6,10,12H,3-4,7-9H2,(H3,15,16,17). The van der Waals surface area contributed by atoms with E-state index in [1.165, 1.54) is 0 Å². The second kappa shape index (κ2) is 5.92. The lowest BCUT2D eigenvalue weighted by molar-refractivity contribution is 0.114. The van der Waals surface area contributed by atoms with Gasteiger partial charge in [-0.1, -0.05) is 6.07 Å². The molecule has 6 heteroatoms. The zero-order valence-corrected chi connectivity index (χ0v) is 11.3. The fourth-order valence-electron chi connectivity index (χ4n) is 2.31. The van der Waals surface area contributed by atoms with Crippen molar-refractivity contribution >= 4 is 11.6 Å². The summed E-state index contributed by atoms with van der Waals surface area (Å²) in [6.45, 7) is 2.05. The Kier molecular flexibility index (Phi) is 3.83. The Bertz CT molecular complexity index is 567. The maximum Gasteiger partial charge on any atom is 0.189 e. The molecule has 0 aromatic carbocycles. The minimum atomic E-state index is 0.263. The van der Waals surface area contributed by atoms with Crippen LogP contribution in [-0.2, 0) is 11.3 Å². The quantitative estimate of drug-likeness (QED) is 0.641. The molecule has 0 spiro atoms. The summed E-state index contributed by atoms with van der Waals surface area (Å²) in [6.07, 6.45) is 6.41. The zero-order chi connectivity index (χ0) is 13.8. The van der Waals surface area contributed by atoms with Crippen molar-refractivity contribution in [2.45, 2.75) is 25.5 Å². The summed E-state index contributed by atoms with van der Waals surface area (Å²) in [4.78, 5) is 8.77. The number of nitrogens with one attached hydrogen (secondary N) is 1. The van der Waals surface area contributed by atoms with E-state index < -0.39 is 0 Å². The monoisotopic (exact) mass is 273 g/mol. The van der Waals surface area contributed by atoms with Gasteiger partial charge in [0.15, 0.2) is 5.96 Å². The van der Waals surface area contributed by atoms with E-state index in [-0.39, 0.29) is 6.10 Å². The third-order valence-corrected chi connectivity index (χ3v) is 3.36. The number of nitrogens with zero attached hydrogens (tertiary/aromatic N) is 3. The van der Waals surface area contributed by atoms with Gasteiger partial charge >= 0.3 is 0 Å². The molecule has 1 fully saturated rings. The van der Waals surface area contributed by atoms with E-state index in [0.717, 1.165) is 37.3 Å². The molecule has 20 heavy (non-hydrogen) atoms. The SMILES string of the molecule is NC(=NCc1cn2ccccc2n1)NCC1CCCO1. The summed E-state index contributed by atoms with van der Waals surface area (Å²) in [5.74, 6) is 0.442. The molecule has 1 saturated heterocycles. The van der Waals surface area contributed by atoms with Crippen molar-refractivity contribution in [1.82, 2.24) is 14.7 Å². The number of hydrogen-bond acceptors (Lipinski definition) is 3. The first-order chi connectivity index (χ1) is 9.81. The van der Waals surface area contributed by atoms with Gasteiger partial charge in [0, 0.05) is 25.5 Å². The van der Waals surface area contributed by atoms with Crippen molar-refractivity contribution in [2.75, 3.05) is 13.2 Å². The van der Waals surface area contributed by atoms with Gasteiger partial charge < -0.3 is 20.2 Å². The normalized spacial score (nSPS) is 19.6. The zero-order valence-electron chi connectivity index (χ0n) is 11.3. The lowest BCUT2D eigenvalue weighted by atomic mass is 10.2. The summed E-state index contributed by atoms with van der Waals surface area (Å²) in [5.41, 5.74) is 7.66. The van der Waals surface area contributed by atoms with E-state index in [9.17, 15) is 0 Å². The summed E-state index contributed by atoms with van der Waals surface area (Å²) >= 11 is 0. The summed E-state index contributed by atoms with van der Waals surface area (Å²) in [5, 5.41) is 3.10. The van der Waals surface area contributed by atoms with Crippen LogP contribution in [0.15, 0.2) is 35.6 Å². The van der Waals surface area contributed by atoms with Crippen molar-refractivity contribution in [3.63, 3.8) is 0 Å². The van der Waals surface area contributed by atoms with Crippen molar-refractivity contribution < 1.29 is 4.74 Å². The number of fused-ring (bicyclic) bond motifs is 1. The van der Waals surface area contributed by atoms with Crippen molar-refractivity contribution in [1.29, 1.82) is 0 Å². The fraction of sp³-hybridized carbons (Fsp3) is 0.429. The molecule has 3 heterocycles. The number of pyridine rings is 1. The Morgan fingerprint density at radius 1 is 1.55 bits per heavy atom. The minimum Gasteiger partial charge on any atom is -0.376 e. The maximum atomic E-state index is 5.84. The van der Waals surface area contributed by atoms with Crippen molar-refractivity contribution in [3.05, 3.63) is 36.3 Å². The van der Waals surface area contributed by atoms with Crippen LogP contribution in [0.1, 0.15) is 18.5 Å². The van der Waals surface area contributed by atoms with E-state index in [1.54, 1.807) is 0 Å². The van der Waals surface area contributed by atoms with E-state index in [0.29, 0.717) is 12.5 Å². The molecule has 2 aromatic rings. The van der Waals surface area contributed by atoms with Gasteiger partial charge in [-0.15, -0.1) is 0 Å². The van der Waals surface area contributed by atoms with Crippen LogP contribution in [-0.4, -0.2) is 34.6 Å². The van der Waals surface area contributed by atoms with Crippen LogP contribution >= 0.6 is 0 Å². The predicted octanol–water partition coefficient (Wildman–Crippen LogP) is 0.918. The molecular weight excluding hydrogens is 254 g/mol. The maximum absolute atomic E-state index is 5.84. The Hall–Kier alpha value is -2.08. The first-order valence-electron chi connectivity index (χ1n) is 6.89. The topological polar surface area (TPSA) is 76.9 Å². The van der Waals surface area contributed by atoms with Crippen LogP contribution in [0.25, 0.3) is 5.65 Å². The van der Waals surface area contributed by atoms with Crippen LogP contribution in [0, 0.1) is 0 Å². The number of aromatic nitrogens is 2.